The summed E-state index contributed by atoms with van der Waals surface area (Å²) in [5.41, 5.74) is 0.892. The van der Waals surface area contributed by atoms with Crippen molar-refractivity contribution < 1.29 is 36.6 Å². The van der Waals surface area contributed by atoms with E-state index in [2.05, 4.69) is 20.2 Å². The number of hydrogen-bond acceptors (Lipinski definition) is 8. The number of carbonyl (C=O) groups is 1. The fraction of sp³-hybridized carbons (Fsp3) is 0.364. The summed E-state index contributed by atoms with van der Waals surface area (Å²) in [6.45, 7) is 3.88. The zero-order chi connectivity index (χ0) is 32.4. The van der Waals surface area contributed by atoms with Gasteiger partial charge in [0.25, 0.3) is 0 Å². The molecule has 0 atom stereocenters. The van der Waals surface area contributed by atoms with Crippen LogP contribution in [0.1, 0.15) is 16.7 Å². The number of anilines is 1. The number of hydrogen-bond donors (Lipinski definition) is 1. The topological polar surface area (TPSA) is 89.1 Å². The summed E-state index contributed by atoms with van der Waals surface area (Å²) < 4.78 is 73.2. The van der Waals surface area contributed by atoms with Crippen LogP contribution >= 0.6 is 0 Å². The molecule has 13 heteroatoms. The van der Waals surface area contributed by atoms with Gasteiger partial charge in [0.1, 0.15) is 5.82 Å². The molecule has 0 unspecified atom stereocenters. The Bertz CT molecular complexity index is 1720. The third kappa shape index (κ3) is 6.91. The van der Waals surface area contributed by atoms with Crippen molar-refractivity contribution in [3.8, 4) is 22.8 Å². The molecule has 0 spiro atoms. The van der Waals surface area contributed by atoms with Gasteiger partial charge in [0.15, 0.2) is 11.5 Å². The van der Waals surface area contributed by atoms with Gasteiger partial charge in [0.2, 0.25) is 5.91 Å². The van der Waals surface area contributed by atoms with Gasteiger partial charge in [-0.3, -0.25) is 24.6 Å². The second kappa shape index (κ2) is 13.2. The van der Waals surface area contributed by atoms with Crippen molar-refractivity contribution in [1.82, 2.24) is 19.8 Å². The smallest absolute Gasteiger partial charge is 0.416 e. The summed E-state index contributed by atoms with van der Waals surface area (Å²) in [6.07, 6.45) is -1.77. The van der Waals surface area contributed by atoms with E-state index in [1.807, 2.05) is 17.0 Å². The Morgan fingerprint density at radius 3 is 2.35 bits per heavy atom. The zero-order valence-corrected chi connectivity index (χ0v) is 25.4. The first-order valence-electron chi connectivity index (χ1n) is 14.8. The van der Waals surface area contributed by atoms with Gasteiger partial charge in [-0.05, 0) is 41.5 Å². The maximum Gasteiger partial charge on any atom is 0.416 e. The molecule has 2 fully saturated rings. The van der Waals surface area contributed by atoms with Crippen LogP contribution in [0.2, 0.25) is 0 Å². The predicted molar refractivity (Wildman–Crippen MR) is 163 cm³/mol. The Kier molecular flexibility index (Phi) is 9.07. The molecule has 2 aromatic heterocycles. The van der Waals surface area contributed by atoms with Gasteiger partial charge in [-0.15, -0.1) is 0 Å². The minimum Gasteiger partial charge on any atom is -0.493 e. The number of halogens is 4. The summed E-state index contributed by atoms with van der Waals surface area (Å²) in [6, 6.07) is 10.8. The number of pyridine rings is 2. The Labute approximate surface area is 263 Å². The average Bonchev–Trinajstić information content (AvgIpc) is 3.01. The van der Waals surface area contributed by atoms with Crippen molar-refractivity contribution in [2.45, 2.75) is 25.2 Å². The van der Waals surface area contributed by atoms with Gasteiger partial charge in [-0.2, -0.15) is 13.2 Å². The van der Waals surface area contributed by atoms with E-state index in [1.165, 1.54) is 6.20 Å². The normalized spacial score (nSPS) is 16.3. The van der Waals surface area contributed by atoms with Crippen molar-refractivity contribution in [3.05, 3.63) is 77.4 Å². The third-order valence-electron chi connectivity index (χ3n) is 8.38. The molecule has 0 saturated carbocycles. The van der Waals surface area contributed by atoms with E-state index in [9.17, 15) is 18.0 Å². The van der Waals surface area contributed by atoms with E-state index in [4.69, 9.17) is 14.2 Å². The molecule has 2 aromatic carbocycles. The van der Waals surface area contributed by atoms with E-state index in [0.717, 1.165) is 17.0 Å². The van der Waals surface area contributed by atoms with Crippen molar-refractivity contribution in [1.29, 1.82) is 0 Å². The molecule has 1 N–H and O–H groups in total. The standard InChI is InChI=1S/C33H33F4N5O4/c1-44-30-12-21-10-22(16-39-28(21)14-31(30)45-2)27-4-3-20(15-38-27)9-32(43)40-29-13-25(33(35,36)37)23(11-26(29)34)17-41-5-7-42(8-6-41)24-18-46-19-24/h3-4,10-16,24H,5-9,17-19H2,1-2H3,(H,40,43). The monoisotopic (exact) mass is 639 g/mol. The van der Waals surface area contributed by atoms with E-state index in [1.54, 1.807) is 38.6 Å². The lowest BCUT2D eigenvalue weighted by molar-refractivity contribution is -0.138. The number of aromatic nitrogens is 2. The molecule has 2 saturated heterocycles. The molecule has 9 nitrogen and oxygen atoms in total. The number of nitrogens with zero attached hydrogens (tertiary/aromatic N) is 4. The number of benzene rings is 2. The Morgan fingerprint density at radius 1 is 0.978 bits per heavy atom. The van der Waals surface area contributed by atoms with Gasteiger partial charge in [0.05, 0.1) is 62.4 Å². The van der Waals surface area contributed by atoms with Gasteiger partial charge in [0, 0.05) is 62.1 Å². The van der Waals surface area contributed by atoms with E-state index in [-0.39, 0.29) is 18.5 Å². The summed E-state index contributed by atoms with van der Waals surface area (Å²) in [7, 11) is 3.10. The molecule has 0 aliphatic carbocycles. The van der Waals surface area contributed by atoms with Gasteiger partial charge >= 0.3 is 6.18 Å². The molecule has 4 aromatic rings. The minimum absolute atomic E-state index is 0.0402. The number of methoxy groups -OCH3 is 2. The fourth-order valence-electron chi connectivity index (χ4n) is 5.74. The van der Waals surface area contributed by atoms with E-state index >= 15 is 4.39 Å². The lowest BCUT2D eigenvalue weighted by Crippen LogP contribution is -2.56. The Morgan fingerprint density at radius 2 is 1.72 bits per heavy atom. The van der Waals surface area contributed by atoms with E-state index < -0.39 is 29.2 Å². The molecule has 6 rings (SSSR count). The van der Waals surface area contributed by atoms with E-state index in [0.29, 0.717) is 79.8 Å². The number of rotatable bonds is 9. The molecular formula is C33H33F4N5O4. The molecular weight excluding hydrogens is 606 g/mol. The number of alkyl halides is 3. The lowest BCUT2D eigenvalue weighted by Gasteiger charge is -2.42. The number of carbonyl (C=O) groups excluding carboxylic acids is 1. The van der Waals surface area contributed by atoms with Crippen molar-refractivity contribution in [2.75, 3.05) is 58.9 Å². The van der Waals surface area contributed by atoms with Gasteiger partial charge in [-0.1, -0.05) is 6.07 Å². The van der Waals surface area contributed by atoms with Crippen molar-refractivity contribution >= 4 is 22.5 Å². The summed E-state index contributed by atoms with van der Waals surface area (Å²) >= 11 is 0. The van der Waals surface area contributed by atoms with Crippen LogP contribution in [0.15, 0.2) is 54.9 Å². The molecule has 0 radical (unpaired) electrons. The Balaban J connectivity index is 1.11. The number of ether oxygens (including phenoxy) is 3. The van der Waals surface area contributed by atoms with Crippen LogP contribution in [0.3, 0.4) is 0 Å². The third-order valence-corrected chi connectivity index (χ3v) is 8.38. The Hall–Kier alpha value is -4.33. The molecule has 0 bridgehead atoms. The molecule has 242 valence electrons. The molecule has 46 heavy (non-hydrogen) atoms. The van der Waals surface area contributed by atoms with Crippen LogP contribution in [0.4, 0.5) is 23.2 Å². The first kappa shape index (κ1) is 31.6. The highest BCUT2D eigenvalue weighted by Crippen LogP contribution is 2.36. The predicted octanol–water partition coefficient (Wildman–Crippen LogP) is 5.17. The van der Waals surface area contributed by atoms with Crippen LogP contribution in [0, 0.1) is 5.82 Å². The maximum absolute atomic E-state index is 15.1. The van der Waals surface area contributed by atoms with Crippen LogP contribution in [0.25, 0.3) is 22.2 Å². The van der Waals surface area contributed by atoms with Crippen LogP contribution < -0.4 is 14.8 Å². The summed E-state index contributed by atoms with van der Waals surface area (Å²) in [4.78, 5) is 25.9. The molecule has 4 heterocycles. The second-order valence-corrected chi connectivity index (χ2v) is 11.4. The zero-order valence-electron chi connectivity index (χ0n) is 25.4. The SMILES string of the molecule is COc1cc2cc(-c3ccc(CC(=O)Nc4cc(C(F)(F)F)c(CN5CCN(C6COC6)CC5)cc4F)cn3)cnc2cc1OC. The number of nitrogens with one attached hydrogen (secondary N) is 1. The molecule has 2 aliphatic rings. The van der Waals surface area contributed by atoms with Gasteiger partial charge in [-0.25, -0.2) is 4.39 Å². The first-order valence-corrected chi connectivity index (χ1v) is 14.8. The minimum atomic E-state index is -4.72. The largest absolute Gasteiger partial charge is 0.493 e. The highest BCUT2D eigenvalue weighted by molar-refractivity contribution is 5.92. The van der Waals surface area contributed by atoms with Crippen LogP contribution in [-0.2, 0) is 28.7 Å². The summed E-state index contributed by atoms with van der Waals surface area (Å²) in [5, 5.41) is 3.13. The second-order valence-electron chi connectivity index (χ2n) is 11.4. The van der Waals surface area contributed by atoms with Crippen molar-refractivity contribution in [3.63, 3.8) is 0 Å². The molecule has 1 amide bonds. The van der Waals surface area contributed by atoms with Crippen molar-refractivity contribution in [2.24, 2.45) is 0 Å². The maximum atomic E-state index is 15.1. The summed E-state index contributed by atoms with van der Waals surface area (Å²) in [5.74, 6) is -0.469. The van der Waals surface area contributed by atoms with Crippen LogP contribution in [-0.4, -0.2) is 85.3 Å². The fourth-order valence-corrected chi connectivity index (χ4v) is 5.74. The highest BCUT2D eigenvalue weighted by atomic mass is 19.4. The molecule has 2 aliphatic heterocycles. The number of fused-ring (bicyclic) bond motifs is 1. The van der Waals surface area contributed by atoms with Gasteiger partial charge < -0.3 is 19.5 Å². The lowest BCUT2D eigenvalue weighted by atomic mass is 10.0. The quantitative estimate of drug-likeness (QED) is 0.251. The van der Waals surface area contributed by atoms with Crippen LogP contribution in [0.5, 0.6) is 11.5 Å². The highest BCUT2D eigenvalue weighted by Gasteiger charge is 2.36. The average molecular weight is 640 g/mol. The number of piperazine rings is 1. The first-order chi connectivity index (χ1) is 22.1. The number of amides is 1.